The smallest absolute Gasteiger partial charge is 0.340 e. The zero-order chi connectivity index (χ0) is 15.2. The third-order valence-corrected chi connectivity index (χ3v) is 5.09. The molecule has 2 saturated heterocycles. The van der Waals surface area contributed by atoms with Gasteiger partial charge in [-0.25, -0.2) is 4.79 Å². The molecule has 3 heterocycles. The van der Waals surface area contributed by atoms with E-state index >= 15 is 0 Å². The van der Waals surface area contributed by atoms with Gasteiger partial charge in [0.05, 0.1) is 30.2 Å². The molecule has 0 saturated carbocycles. The molecule has 2 aliphatic rings. The van der Waals surface area contributed by atoms with Gasteiger partial charge < -0.3 is 19.4 Å². The van der Waals surface area contributed by atoms with Gasteiger partial charge in [-0.1, -0.05) is 6.07 Å². The molecule has 2 aromatic rings. The molecule has 0 radical (unpaired) electrons. The van der Waals surface area contributed by atoms with Crippen LogP contribution in [0.5, 0.6) is 5.75 Å². The van der Waals surface area contributed by atoms with Crippen molar-refractivity contribution in [2.45, 2.75) is 12.8 Å². The van der Waals surface area contributed by atoms with E-state index in [1.165, 1.54) is 0 Å². The van der Waals surface area contributed by atoms with Crippen molar-refractivity contribution in [3.63, 3.8) is 0 Å². The molecule has 2 fully saturated rings. The van der Waals surface area contributed by atoms with E-state index in [-0.39, 0.29) is 11.4 Å². The minimum Gasteiger partial charge on any atom is -0.496 e. The quantitative estimate of drug-likeness (QED) is 0.881. The molecule has 4 rings (SSSR count). The second-order valence-electron chi connectivity index (χ2n) is 6.44. The first-order valence-corrected chi connectivity index (χ1v) is 7.74. The number of nitrogens with zero attached hydrogens (tertiary/aromatic N) is 1. The maximum Gasteiger partial charge on any atom is 0.340 e. The van der Waals surface area contributed by atoms with E-state index in [1.54, 1.807) is 13.3 Å². The first kappa shape index (κ1) is 13.6. The Hall–Kier alpha value is -2.01. The monoisotopic (exact) mass is 300 g/mol. The molecule has 22 heavy (non-hydrogen) atoms. The lowest BCUT2D eigenvalue weighted by Gasteiger charge is -2.24. The van der Waals surface area contributed by atoms with E-state index < -0.39 is 0 Å². The lowest BCUT2D eigenvalue weighted by Crippen LogP contribution is -2.27. The van der Waals surface area contributed by atoms with Gasteiger partial charge in [0.1, 0.15) is 5.75 Å². The van der Waals surface area contributed by atoms with Gasteiger partial charge in [0.25, 0.3) is 0 Å². The number of benzene rings is 1. The number of hydrogen-bond acceptors (Lipinski definition) is 4. The SMILES string of the molecule is COc1cccc2[nH]cc(C(=O)OCC34CCN(CC3)C4)c12. The van der Waals surface area contributed by atoms with Crippen molar-refractivity contribution in [1.82, 2.24) is 9.88 Å². The summed E-state index contributed by atoms with van der Waals surface area (Å²) >= 11 is 0. The summed E-state index contributed by atoms with van der Waals surface area (Å²) in [4.78, 5) is 18.1. The average molecular weight is 300 g/mol. The van der Waals surface area contributed by atoms with Crippen molar-refractivity contribution in [3.8, 4) is 5.75 Å². The number of hydrogen-bond donors (Lipinski definition) is 1. The molecule has 2 bridgehead atoms. The van der Waals surface area contributed by atoms with Crippen LogP contribution in [-0.4, -0.2) is 49.2 Å². The molecule has 0 amide bonds. The predicted octanol–water partition coefficient (Wildman–Crippen LogP) is 2.43. The van der Waals surface area contributed by atoms with E-state index in [1.807, 2.05) is 18.2 Å². The van der Waals surface area contributed by atoms with E-state index in [9.17, 15) is 4.79 Å². The first-order chi connectivity index (χ1) is 10.7. The number of aromatic nitrogens is 1. The van der Waals surface area contributed by atoms with Crippen molar-refractivity contribution >= 4 is 16.9 Å². The number of nitrogens with one attached hydrogen (secondary N) is 1. The minimum atomic E-state index is -0.268. The van der Waals surface area contributed by atoms with E-state index in [4.69, 9.17) is 9.47 Å². The number of carbonyl (C=O) groups is 1. The summed E-state index contributed by atoms with van der Waals surface area (Å²) in [7, 11) is 1.61. The van der Waals surface area contributed by atoms with Crippen LogP contribution in [0.2, 0.25) is 0 Å². The van der Waals surface area contributed by atoms with E-state index in [0.29, 0.717) is 17.9 Å². The van der Waals surface area contributed by atoms with E-state index in [2.05, 4.69) is 9.88 Å². The van der Waals surface area contributed by atoms with E-state index in [0.717, 1.165) is 43.4 Å². The van der Waals surface area contributed by atoms with Crippen LogP contribution in [0.3, 0.4) is 0 Å². The number of H-pyrrole nitrogens is 1. The van der Waals surface area contributed by atoms with Gasteiger partial charge in [-0.15, -0.1) is 0 Å². The molecular weight excluding hydrogens is 280 g/mol. The number of carbonyl (C=O) groups excluding carboxylic acids is 1. The standard InChI is InChI=1S/C17H20N2O3/c1-21-14-4-2-3-13-15(14)12(9-18-13)16(20)22-11-17-5-7-19(10-17)8-6-17/h2-4,9,18H,5-8,10-11H2,1H3. The fraction of sp³-hybridized carbons (Fsp3) is 0.471. The zero-order valence-electron chi connectivity index (χ0n) is 12.7. The maximum absolute atomic E-state index is 12.5. The lowest BCUT2D eigenvalue weighted by atomic mass is 9.86. The summed E-state index contributed by atoms with van der Waals surface area (Å²) in [6.45, 7) is 3.86. The lowest BCUT2D eigenvalue weighted by molar-refractivity contribution is 0.0326. The Morgan fingerprint density at radius 3 is 2.86 bits per heavy atom. The largest absolute Gasteiger partial charge is 0.496 e. The van der Waals surface area contributed by atoms with Gasteiger partial charge in [0, 0.05) is 18.2 Å². The van der Waals surface area contributed by atoms with Crippen LogP contribution in [-0.2, 0) is 4.74 Å². The molecule has 0 atom stereocenters. The van der Waals surface area contributed by atoms with Crippen molar-refractivity contribution in [2.24, 2.45) is 5.41 Å². The molecular formula is C17H20N2O3. The second kappa shape index (κ2) is 5.02. The topological polar surface area (TPSA) is 54.6 Å². The number of esters is 1. The third kappa shape index (κ3) is 2.08. The van der Waals surface area contributed by atoms with Gasteiger partial charge in [-0.3, -0.25) is 0 Å². The summed E-state index contributed by atoms with van der Waals surface area (Å²) in [5, 5.41) is 0.798. The van der Waals surface area contributed by atoms with Crippen molar-refractivity contribution in [1.29, 1.82) is 0 Å². The van der Waals surface area contributed by atoms with Crippen molar-refractivity contribution in [3.05, 3.63) is 30.0 Å². The minimum absolute atomic E-state index is 0.186. The number of piperidine rings is 1. The van der Waals surface area contributed by atoms with Crippen molar-refractivity contribution in [2.75, 3.05) is 33.4 Å². The van der Waals surface area contributed by atoms with Gasteiger partial charge in [-0.2, -0.15) is 0 Å². The molecule has 2 aliphatic heterocycles. The zero-order valence-corrected chi connectivity index (χ0v) is 12.7. The Kier molecular flexibility index (Phi) is 3.11. The van der Waals surface area contributed by atoms with Crippen LogP contribution >= 0.6 is 0 Å². The molecule has 1 N–H and O–H groups in total. The van der Waals surface area contributed by atoms with Gasteiger partial charge >= 0.3 is 5.97 Å². The predicted molar refractivity (Wildman–Crippen MR) is 83.2 cm³/mol. The highest BCUT2D eigenvalue weighted by molar-refractivity contribution is 6.06. The molecule has 5 nitrogen and oxygen atoms in total. The second-order valence-corrected chi connectivity index (χ2v) is 6.44. The van der Waals surface area contributed by atoms with Crippen molar-refractivity contribution < 1.29 is 14.3 Å². The molecule has 0 aliphatic carbocycles. The Balaban J connectivity index is 1.55. The molecule has 1 aromatic heterocycles. The Morgan fingerprint density at radius 2 is 2.18 bits per heavy atom. The van der Waals surface area contributed by atoms with Gasteiger partial charge in [0.2, 0.25) is 0 Å². The van der Waals surface area contributed by atoms with Crippen LogP contribution < -0.4 is 4.74 Å². The van der Waals surface area contributed by atoms with Gasteiger partial charge in [0.15, 0.2) is 0 Å². The molecule has 116 valence electrons. The number of aromatic amines is 1. The van der Waals surface area contributed by atoms with Crippen LogP contribution in [0, 0.1) is 5.41 Å². The number of fused-ring (bicyclic) bond motifs is 3. The summed E-state index contributed by atoms with van der Waals surface area (Å²) < 4.78 is 11.0. The number of ether oxygens (including phenoxy) is 2. The van der Waals surface area contributed by atoms with Crippen LogP contribution in [0.1, 0.15) is 23.2 Å². The molecule has 0 spiro atoms. The number of rotatable bonds is 4. The Labute approximate surface area is 129 Å². The Morgan fingerprint density at radius 1 is 1.36 bits per heavy atom. The summed E-state index contributed by atoms with van der Waals surface area (Å²) in [5.74, 6) is 0.423. The highest BCUT2D eigenvalue weighted by atomic mass is 16.5. The fourth-order valence-electron chi connectivity index (χ4n) is 3.79. The van der Waals surface area contributed by atoms with Crippen LogP contribution in [0.25, 0.3) is 10.9 Å². The molecule has 5 heteroatoms. The number of methoxy groups -OCH3 is 1. The first-order valence-electron chi connectivity index (χ1n) is 7.74. The van der Waals surface area contributed by atoms with Crippen LogP contribution in [0.15, 0.2) is 24.4 Å². The Bertz CT molecular complexity index is 714. The molecule has 1 aromatic carbocycles. The fourth-order valence-corrected chi connectivity index (χ4v) is 3.79. The van der Waals surface area contributed by atoms with Crippen LogP contribution in [0.4, 0.5) is 0 Å². The normalized spacial score (nSPS) is 26.5. The highest BCUT2D eigenvalue weighted by Crippen LogP contribution is 2.40. The van der Waals surface area contributed by atoms with Gasteiger partial charge in [-0.05, 0) is 38.1 Å². The molecule has 0 unspecified atom stereocenters. The highest BCUT2D eigenvalue weighted by Gasteiger charge is 2.44. The summed E-state index contributed by atoms with van der Waals surface area (Å²) in [6, 6.07) is 5.69. The third-order valence-electron chi connectivity index (χ3n) is 5.09. The maximum atomic E-state index is 12.5. The summed E-state index contributed by atoms with van der Waals surface area (Å²) in [5.41, 5.74) is 1.63. The average Bonchev–Trinajstić information content (AvgIpc) is 3.26. The summed E-state index contributed by atoms with van der Waals surface area (Å²) in [6.07, 6.45) is 3.98.